The lowest BCUT2D eigenvalue weighted by atomic mass is 10.0. The highest BCUT2D eigenvalue weighted by atomic mass is 19.1. The van der Waals surface area contributed by atoms with Gasteiger partial charge in [-0.05, 0) is 42.7 Å². The zero-order valence-corrected chi connectivity index (χ0v) is 12.3. The van der Waals surface area contributed by atoms with Gasteiger partial charge in [-0.15, -0.1) is 0 Å². The van der Waals surface area contributed by atoms with Crippen LogP contribution < -0.4 is 10.5 Å². The molecule has 2 aromatic rings. The number of rotatable bonds is 7. The minimum atomic E-state index is -0.336. The number of hydrogen-bond acceptors (Lipinski definition) is 3. The third-order valence-corrected chi connectivity index (χ3v) is 3.36. The Bertz CT molecular complexity index is 560. The van der Waals surface area contributed by atoms with E-state index in [1.165, 1.54) is 6.07 Å². The zero-order valence-electron chi connectivity index (χ0n) is 12.3. The maximum absolute atomic E-state index is 13.9. The highest BCUT2D eigenvalue weighted by molar-refractivity contribution is 5.29. The van der Waals surface area contributed by atoms with E-state index in [1.807, 2.05) is 31.2 Å². The second-order valence-corrected chi connectivity index (χ2v) is 5.06. The number of ether oxygens (including phenoxy) is 1. The van der Waals surface area contributed by atoms with Crippen molar-refractivity contribution in [2.45, 2.75) is 32.2 Å². The number of benzene rings is 1. The lowest BCUT2D eigenvalue weighted by molar-refractivity contribution is 0.304. The van der Waals surface area contributed by atoms with Gasteiger partial charge < -0.3 is 10.5 Å². The quantitative estimate of drug-likeness (QED) is 0.851. The summed E-state index contributed by atoms with van der Waals surface area (Å²) < 4.78 is 19.4. The van der Waals surface area contributed by atoms with Gasteiger partial charge >= 0.3 is 0 Å². The number of nitrogens with two attached hydrogens (primary N) is 1. The van der Waals surface area contributed by atoms with Crippen LogP contribution >= 0.6 is 0 Å². The molecule has 0 saturated carbocycles. The van der Waals surface area contributed by atoms with E-state index < -0.39 is 0 Å². The predicted molar refractivity (Wildman–Crippen MR) is 81.8 cm³/mol. The molecule has 3 nitrogen and oxygen atoms in total. The first kappa shape index (κ1) is 15.4. The predicted octanol–water partition coefficient (Wildman–Crippen LogP) is 3.12. The first-order valence-electron chi connectivity index (χ1n) is 7.25. The van der Waals surface area contributed by atoms with Gasteiger partial charge in [-0.25, -0.2) is 4.39 Å². The molecule has 1 aromatic carbocycles. The van der Waals surface area contributed by atoms with E-state index in [-0.39, 0.29) is 17.6 Å². The second kappa shape index (κ2) is 7.74. The molecule has 1 atom stereocenters. The van der Waals surface area contributed by atoms with Crippen molar-refractivity contribution in [2.75, 3.05) is 6.61 Å². The minimum absolute atomic E-state index is 0.0697. The fraction of sp³-hybridized carbons (Fsp3) is 0.353. The second-order valence-electron chi connectivity index (χ2n) is 5.06. The first-order valence-corrected chi connectivity index (χ1v) is 7.25. The highest BCUT2D eigenvalue weighted by Gasteiger charge is 2.07. The number of hydrogen-bond donors (Lipinski definition) is 1. The molecule has 0 amide bonds. The molecule has 0 spiro atoms. The third kappa shape index (κ3) is 4.83. The average Bonchev–Trinajstić information content (AvgIpc) is 2.50. The zero-order chi connectivity index (χ0) is 15.1. The Hall–Kier alpha value is -1.94. The molecule has 0 saturated heterocycles. The Labute approximate surface area is 125 Å². The number of pyridine rings is 1. The molecule has 2 rings (SSSR count). The normalized spacial score (nSPS) is 12.1. The summed E-state index contributed by atoms with van der Waals surface area (Å²) in [6, 6.07) is 10.8. The number of halogens is 1. The van der Waals surface area contributed by atoms with Crippen LogP contribution in [-0.2, 0) is 12.8 Å². The van der Waals surface area contributed by atoms with E-state index in [0.29, 0.717) is 19.4 Å². The van der Waals surface area contributed by atoms with Gasteiger partial charge in [0, 0.05) is 24.4 Å². The maximum atomic E-state index is 13.9. The average molecular weight is 288 g/mol. The summed E-state index contributed by atoms with van der Waals surface area (Å²) in [7, 11) is 0. The molecular formula is C17H21FN2O. The SMILES string of the molecule is CCC(N)Cc1ccc(OCCc2ccccn2)c(F)c1. The van der Waals surface area contributed by atoms with Crippen molar-refractivity contribution >= 4 is 0 Å². The summed E-state index contributed by atoms with van der Waals surface area (Å²) in [5, 5.41) is 0. The van der Waals surface area contributed by atoms with Gasteiger partial charge in [-0.3, -0.25) is 4.98 Å². The first-order chi connectivity index (χ1) is 10.2. The van der Waals surface area contributed by atoms with Gasteiger partial charge in [0.1, 0.15) is 0 Å². The molecule has 112 valence electrons. The highest BCUT2D eigenvalue weighted by Crippen LogP contribution is 2.19. The van der Waals surface area contributed by atoms with Crippen molar-refractivity contribution in [1.82, 2.24) is 4.98 Å². The summed E-state index contributed by atoms with van der Waals surface area (Å²) in [4.78, 5) is 4.20. The lowest BCUT2D eigenvalue weighted by Crippen LogP contribution is -2.21. The van der Waals surface area contributed by atoms with Crippen LogP contribution in [0.3, 0.4) is 0 Å². The summed E-state index contributed by atoms with van der Waals surface area (Å²) in [6.07, 6.45) is 3.95. The van der Waals surface area contributed by atoms with Gasteiger partial charge in [-0.1, -0.05) is 19.1 Å². The number of nitrogens with zero attached hydrogens (tertiary/aromatic N) is 1. The van der Waals surface area contributed by atoms with Gasteiger partial charge in [0.2, 0.25) is 0 Å². The largest absolute Gasteiger partial charge is 0.490 e. The van der Waals surface area contributed by atoms with Gasteiger partial charge in [0.05, 0.1) is 6.61 Å². The Morgan fingerprint density at radius 1 is 1.29 bits per heavy atom. The van der Waals surface area contributed by atoms with Crippen LogP contribution in [0.1, 0.15) is 24.6 Å². The van der Waals surface area contributed by atoms with Gasteiger partial charge in [0.25, 0.3) is 0 Å². The van der Waals surface area contributed by atoms with Crippen molar-refractivity contribution in [2.24, 2.45) is 5.73 Å². The number of aromatic nitrogens is 1. The van der Waals surface area contributed by atoms with Crippen molar-refractivity contribution < 1.29 is 9.13 Å². The molecule has 1 unspecified atom stereocenters. The molecule has 2 N–H and O–H groups in total. The molecule has 0 radical (unpaired) electrons. The summed E-state index contributed by atoms with van der Waals surface area (Å²) in [5.41, 5.74) is 7.71. The van der Waals surface area contributed by atoms with E-state index in [0.717, 1.165) is 17.7 Å². The monoisotopic (exact) mass is 288 g/mol. The molecule has 0 bridgehead atoms. The van der Waals surface area contributed by atoms with E-state index >= 15 is 0 Å². The topological polar surface area (TPSA) is 48.1 Å². The molecule has 21 heavy (non-hydrogen) atoms. The van der Waals surface area contributed by atoms with Gasteiger partial charge in [0.15, 0.2) is 11.6 Å². The van der Waals surface area contributed by atoms with Crippen LogP contribution in [0.4, 0.5) is 4.39 Å². The fourth-order valence-corrected chi connectivity index (χ4v) is 2.05. The molecule has 0 aliphatic carbocycles. The Kier molecular flexibility index (Phi) is 5.69. The van der Waals surface area contributed by atoms with E-state index in [4.69, 9.17) is 10.5 Å². The van der Waals surface area contributed by atoms with Crippen molar-refractivity contribution in [1.29, 1.82) is 0 Å². The van der Waals surface area contributed by atoms with Crippen molar-refractivity contribution in [3.8, 4) is 5.75 Å². The fourth-order valence-electron chi connectivity index (χ4n) is 2.05. The maximum Gasteiger partial charge on any atom is 0.165 e. The van der Waals surface area contributed by atoms with E-state index in [2.05, 4.69) is 4.98 Å². The molecular weight excluding hydrogens is 267 g/mol. The molecule has 4 heteroatoms. The van der Waals surface area contributed by atoms with Gasteiger partial charge in [-0.2, -0.15) is 0 Å². The minimum Gasteiger partial charge on any atom is -0.490 e. The molecule has 0 fully saturated rings. The lowest BCUT2D eigenvalue weighted by Gasteiger charge is -2.11. The van der Waals surface area contributed by atoms with Crippen LogP contribution in [-0.4, -0.2) is 17.6 Å². The smallest absolute Gasteiger partial charge is 0.165 e. The van der Waals surface area contributed by atoms with Crippen LogP contribution in [0.2, 0.25) is 0 Å². The van der Waals surface area contributed by atoms with Crippen LogP contribution in [0.5, 0.6) is 5.75 Å². The van der Waals surface area contributed by atoms with Crippen molar-refractivity contribution in [3.05, 3.63) is 59.7 Å². The Morgan fingerprint density at radius 3 is 2.81 bits per heavy atom. The van der Waals surface area contributed by atoms with Crippen LogP contribution in [0, 0.1) is 5.82 Å². The summed E-state index contributed by atoms with van der Waals surface area (Å²) in [5.74, 6) is -0.0587. The van der Waals surface area contributed by atoms with Crippen LogP contribution in [0.25, 0.3) is 0 Å². The molecule has 1 heterocycles. The standard InChI is InChI=1S/C17H21FN2O/c1-2-14(19)11-13-6-7-17(16(18)12-13)21-10-8-15-5-3-4-9-20-15/h3-7,9,12,14H,2,8,10-11,19H2,1H3. The summed E-state index contributed by atoms with van der Waals surface area (Å²) >= 11 is 0. The molecule has 0 aliphatic rings. The van der Waals surface area contributed by atoms with Crippen molar-refractivity contribution in [3.63, 3.8) is 0 Å². The van der Waals surface area contributed by atoms with E-state index in [9.17, 15) is 4.39 Å². The Morgan fingerprint density at radius 2 is 2.14 bits per heavy atom. The molecule has 1 aromatic heterocycles. The summed E-state index contributed by atoms with van der Waals surface area (Å²) in [6.45, 7) is 2.43. The van der Waals surface area contributed by atoms with E-state index in [1.54, 1.807) is 12.3 Å². The Balaban J connectivity index is 1.89. The third-order valence-electron chi connectivity index (χ3n) is 3.36. The molecule has 0 aliphatic heterocycles. The van der Waals surface area contributed by atoms with Crippen LogP contribution in [0.15, 0.2) is 42.6 Å².